The molecule has 1 aliphatic heterocycles. The highest BCUT2D eigenvalue weighted by Crippen LogP contribution is 2.21. The van der Waals surface area contributed by atoms with Crippen molar-refractivity contribution in [3.05, 3.63) is 29.8 Å². The second-order valence-corrected chi connectivity index (χ2v) is 4.71. The van der Waals surface area contributed by atoms with Crippen molar-refractivity contribution in [3.63, 3.8) is 0 Å². The molecule has 6 heteroatoms. The van der Waals surface area contributed by atoms with Crippen molar-refractivity contribution in [1.29, 1.82) is 0 Å². The molecule has 1 aliphatic rings. The summed E-state index contributed by atoms with van der Waals surface area (Å²) in [5.41, 5.74) is 1.10. The van der Waals surface area contributed by atoms with Crippen molar-refractivity contribution >= 4 is 22.6 Å². The van der Waals surface area contributed by atoms with Crippen LogP contribution in [-0.2, 0) is 21.9 Å². The summed E-state index contributed by atoms with van der Waals surface area (Å²) in [4.78, 5) is 4.26. The van der Waals surface area contributed by atoms with Crippen molar-refractivity contribution in [2.75, 3.05) is 19.8 Å². The Balaban J connectivity index is 1.98. The van der Waals surface area contributed by atoms with Gasteiger partial charge in [0.15, 0.2) is 5.82 Å². The van der Waals surface area contributed by atoms with Crippen LogP contribution in [0.5, 0.6) is 0 Å². The van der Waals surface area contributed by atoms with Crippen molar-refractivity contribution in [1.82, 2.24) is 9.55 Å². The van der Waals surface area contributed by atoms with Gasteiger partial charge in [0.25, 0.3) is 0 Å². The smallest absolute Gasteiger partial charge is 0.151 e. The lowest BCUT2D eigenvalue weighted by molar-refractivity contribution is -0.0934. The van der Waals surface area contributed by atoms with Crippen molar-refractivity contribution in [2.45, 2.75) is 18.5 Å². The number of hydrogen-bond donors (Lipinski definition) is 0. The summed E-state index contributed by atoms with van der Waals surface area (Å²) in [6, 6.07) is 4.91. The minimum Gasteiger partial charge on any atom is -0.376 e. The van der Waals surface area contributed by atoms with Crippen LogP contribution in [0.2, 0.25) is 0 Å². The Morgan fingerprint density at radius 1 is 1.42 bits per heavy atom. The number of hydrogen-bond acceptors (Lipinski definition) is 3. The van der Waals surface area contributed by atoms with E-state index >= 15 is 0 Å². The number of ether oxygens (including phenoxy) is 2. The molecule has 19 heavy (non-hydrogen) atoms. The number of nitrogens with zero attached hydrogens (tertiary/aromatic N) is 2. The zero-order valence-electron chi connectivity index (χ0n) is 10.3. The molecule has 102 valence electrons. The van der Waals surface area contributed by atoms with E-state index in [1.54, 1.807) is 6.07 Å². The average molecular weight is 285 g/mol. The van der Waals surface area contributed by atoms with Gasteiger partial charge in [-0.2, -0.15) is 0 Å². The summed E-state index contributed by atoms with van der Waals surface area (Å²) in [6.07, 6.45) is -0.0450. The second-order valence-electron chi connectivity index (χ2n) is 4.45. The lowest BCUT2D eigenvalue weighted by atomic mass is 10.3. The number of rotatable bonds is 3. The molecule has 2 heterocycles. The number of para-hydroxylation sites is 1. The maximum atomic E-state index is 13.7. The lowest BCUT2D eigenvalue weighted by Crippen LogP contribution is -2.32. The Kier molecular flexibility index (Phi) is 3.68. The van der Waals surface area contributed by atoms with Crippen LogP contribution in [0.3, 0.4) is 0 Å². The van der Waals surface area contributed by atoms with E-state index in [9.17, 15) is 4.39 Å². The molecule has 0 N–H and O–H groups in total. The summed E-state index contributed by atoms with van der Waals surface area (Å²) < 4.78 is 26.6. The van der Waals surface area contributed by atoms with Gasteiger partial charge in [0, 0.05) is 0 Å². The molecular formula is C13H14ClFN2O2. The Hall–Kier alpha value is -1.17. The Morgan fingerprint density at radius 2 is 2.32 bits per heavy atom. The molecule has 2 aromatic rings. The molecule has 0 aliphatic carbocycles. The van der Waals surface area contributed by atoms with Crippen LogP contribution >= 0.6 is 11.6 Å². The van der Waals surface area contributed by atoms with E-state index in [2.05, 4.69) is 4.98 Å². The molecule has 1 atom stereocenters. The van der Waals surface area contributed by atoms with Crippen LogP contribution in [-0.4, -0.2) is 35.5 Å². The molecule has 0 amide bonds. The predicted molar refractivity (Wildman–Crippen MR) is 69.8 cm³/mol. The molecule has 1 fully saturated rings. The Morgan fingerprint density at radius 3 is 3.05 bits per heavy atom. The number of imidazole rings is 1. The normalized spacial score (nSPS) is 20.0. The molecule has 4 nitrogen and oxygen atoms in total. The molecule has 3 rings (SSSR count). The van der Waals surface area contributed by atoms with Gasteiger partial charge >= 0.3 is 0 Å². The molecule has 0 spiro atoms. The van der Waals surface area contributed by atoms with E-state index < -0.39 is 0 Å². The van der Waals surface area contributed by atoms with Gasteiger partial charge < -0.3 is 14.0 Å². The lowest BCUT2D eigenvalue weighted by Gasteiger charge is -2.24. The first-order valence-corrected chi connectivity index (χ1v) is 6.72. The molecule has 0 bridgehead atoms. The van der Waals surface area contributed by atoms with Gasteiger partial charge in [0.2, 0.25) is 0 Å². The van der Waals surface area contributed by atoms with Crippen LogP contribution in [0, 0.1) is 5.82 Å². The van der Waals surface area contributed by atoms with Gasteiger partial charge in [0.05, 0.1) is 43.9 Å². The molecule has 1 aromatic heterocycles. The van der Waals surface area contributed by atoms with Crippen LogP contribution in [0.25, 0.3) is 11.0 Å². The average Bonchev–Trinajstić information content (AvgIpc) is 2.80. The number of halogens is 2. The minimum absolute atomic E-state index is 0.0450. The molecule has 0 radical (unpaired) electrons. The highest BCUT2D eigenvalue weighted by molar-refractivity contribution is 6.16. The monoisotopic (exact) mass is 284 g/mol. The fourth-order valence-corrected chi connectivity index (χ4v) is 2.52. The molecule has 1 unspecified atom stereocenters. The van der Waals surface area contributed by atoms with Crippen molar-refractivity contribution in [2.24, 2.45) is 0 Å². The van der Waals surface area contributed by atoms with E-state index in [0.29, 0.717) is 37.7 Å². The third-order valence-corrected chi connectivity index (χ3v) is 3.44. The number of aromatic nitrogens is 2. The van der Waals surface area contributed by atoms with Crippen molar-refractivity contribution < 1.29 is 13.9 Å². The van der Waals surface area contributed by atoms with E-state index in [0.717, 1.165) is 5.52 Å². The number of fused-ring (bicyclic) bond motifs is 1. The summed E-state index contributed by atoms with van der Waals surface area (Å²) in [5.74, 6) is 0.557. The third kappa shape index (κ3) is 2.45. The molecule has 1 saturated heterocycles. The highest BCUT2D eigenvalue weighted by Gasteiger charge is 2.19. The quantitative estimate of drug-likeness (QED) is 0.812. The van der Waals surface area contributed by atoms with Gasteiger partial charge in [-0.3, -0.25) is 0 Å². The topological polar surface area (TPSA) is 36.3 Å². The van der Waals surface area contributed by atoms with Crippen LogP contribution < -0.4 is 0 Å². The van der Waals surface area contributed by atoms with E-state index in [4.69, 9.17) is 21.1 Å². The first kappa shape index (κ1) is 12.8. The fraction of sp³-hybridized carbons (Fsp3) is 0.462. The number of benzene rings is 1. The third-order valence-electron chi connectivity index (χ3n) is 3.20. The van der Waals surface area contributed by atoms with Gasteiger partial charge in [0.1, 0.15) is 11.3 Å². The molecule has 1 aromatic carbocycles. The van der Waals surface area contributed by atoms with Crippen LogP contribution in [0.1, 0.15) is 5.82 Å². The largest absolute Gasteiger partial charge is 0.376 e. The van der Waals surface area contributed by atoms with Crippen molar-refractivity contribution in [3.8, 4) is 0 Å². The summed E-state index contributed by atoms with van der Waals surface area (Å²) in [5, 5.41) is 0. The fourth-order valence-electron chi connectivity index (χ4n) is 2.31. The number of alkyl halides is 1. The van der Waals surface area contributed by atoms with Gasteiger partial charge in [-0.05, 0) is 12.1 Å². The molecular weight excluding hydrogens is 271 g/mol. The maximum absolute atomic E-state index is 13.7. The zero-order valence-corrected chi connectivity index (χ0v) is 11.1. The summed E-state index contributed by atoms with van der Waals surface area (Å²) in [6.45, 7) is 2.32. The van der Waals surface area contributed by atoms with Gasteiger partial charge in [-0.1, -0.05) is 6.07 Å². The summed E-state index contributed by atoms with van der Waals surface area (Å²) >= 11 is 5.90. The van der Waals surface area contributed by atoms with E-state index in [1.165, 1.54) is 6.07 Å². The van der Waals surface area contributed by atoms with Gasteiger partial charge in [-0.15, -0.1) is 11.6 Å². The Labute approximate surface area is 115 Å². The zero-order chi connectivity index (χ0) is 13.2. The van der Waals surface area contributed by atoms with Gasteiger partial charge in [-0.25, -0.2) is 9.37 Å². The first-order valence-electron chi connectivity index (χ1n) is 6.18. The summed E-state index contributed by atoms with van der Waals surface area (Å²) in [7, 11) is 0. The SMILES string of the molecule is Fc1cccc2c1nc(CCl)n2CC1COCCO1. The maximum Gasteiger partial charge on any atom is 0.151 e. The second kappa shape index (κ2) is 5.45. The Bertz CT molecular complexity index is 581. The van der Waals surface area contributed by atoms with Crippen LogP contribution in [0.4, 0.5) is 4.39 Å². The van der Waals surface area contributed by atoms with Crippen LogP contribution in [0.15, 0.2) is 18.2 Å². The van der Waals surface area contributed by atoms with E-state index in [-0.39, 0.29) is 17.8 Å². The predicted octanol–water partition coefficient (Wildman–Crippen LogP) is 2.33. The highest BCUT2D eigenvalue weighted by atomic mass is 35.5. The first-order chi connectivity index (χ1) is 9.29. The molecule has 0 saturated carbocycles. The standard InChI is InChI=1S/C13H14ClFN2O2/c14-6-12-16-13-10(15)2-1-3-11(13)17(12)7-9-8-18-4-5-19-9/h1-3,9H,4-8H2. The van der Waals surface area contributed by atoms with E-state index in [1.807, 2.05) is 10.6 Å². The minimum atomic E-state index is -0.330.